The molecule has 0 saturated heterocycles. The largest absolute Gasteiger partial charge is 0.220 e. The van der Waals surface area contributed by atoms with Crippen molar-refractivity contribution in [1.82, 2.24) is 4.68 Å². The molecule has 3 rings (SSSR count). The van der Waals surface area contributed by atoms with Crippen LogP contribution in [0.15, 0.2) is 56.6 Å². The molecular weight excluding hydrogens is 322 g/mol. The normalized spacial score (nSPS) is 12.6. The van der Waals surface area contributed by atoms with Gasteiger partial charge < -0.3 is 0 Å². The second-order valence-electron chi connectivity index (χ2n) is 5.63. The van der Waals surface area contributed by atoms with Crippen LogP contribution in [0.1, 0.15) is 36.6 Å². The van der Waals surface area contributed by atoms with Gasteiger partial charge in [0.05, 0.1) is 17.6 Å². The molecule has 3 nitrogen and oxygen atoms in total. The molecule has 0 spiro atoms. The Balaban J connectivity index is 1.93. The standard InChI is InChI=1S/C18H19N3S2/c1-13(2)16-4-6-17(7-5-16)20-18-21(14(3)11-23-18)19-10-15-8-9-22-12-15/h4-13H,1-3H3. The van der Waals surface area contributed by atoms with Crippen LogP contribution in [0.3, 0.4) is 0 Å². The average molecular weight is 342 g/mol. The molecule has 0 aliphatic rings. The van der Waals surface area contributed by atoms with E-state index in [4.69, 9.17) is 4.99 Å². The van der Waals surface area contributed by atoms with Gasteiger partial charge in [0.25, 0.3) is 0 Å². The zero-order valence-corrected chi connectivity index (χ0v) is 15.1. The number of nitrogens with zero attached hydrogens (tertiary/aromatic N) is 3. The Morgan fingerprint density at radius 2 is 1.87 bits per heavy atom. The van der Waals surface area contributed by atoms with Crippen molar-refractivity contribution in [2.75, 3.05) is 0 Å². The fourth-order valence-electron chi connectivity index (χ4n) is 2.12. The number of aryl methyl sites for hydroxylation is 1. The van der Waals surface area contributed by atoms with Crippen LogP contribution < -0.4 is 4.80 Å². The lowest BCUT2D eigenvalue weighted by Crippen LogP contribution is -2.11. The summed E-state index contributed by atoms with van der Waals surface area (Å²) in [5, 5.41) is 10.8. The molecule has 0 N–H and O–H groups in total. The molecule has 0 unspecified atom stereocenters. The van der Waals surface area contributed by atoms with Crippen LogP contribution in [-0.4, -0.2) is 10.9 Å². The van der Waals surface area contributed by atoms with Gasteiger partial charge in [0.15, 0.2) is 0 Å². The van der Waals surface area contributed by atoms with Gasteiger partial charge in [0, 0.05) is 10.9 Å². The summed E-state index contributed by atoms with van der Waals surface area (Å²) in [4.78, 5) is 5.61. The fraction of sp³-hybridized carbons (Fsp3) is 0.222. The SMILES string of the molecule is Cc1csc(=Nc2ccc(C(C)C)cc2)n1N=Cc1ccsc1. The van der Waals surface area contributed by atoms with E-state index in [2.05, 4.69) is 60.0 Å². The predicted octanol–water partition coefficient (Wildman–Crippen LogP) is 5.16. The third kappa shape index (κ3) is 3.86. The summed E-state index contributed by atoms with van der Waals surface area (Å²) in [6.07, 6.45) is 1.87. The van der Waals surface area contributed by atoms with E-state index in [1.54, 1.807) is 22.7 Å². The molecule has 5 heteroatoms. The van der Waals surface area contributed by atoms with E-state index < -0.39 is 0 Å². The zero-order chi connectivity index (χ0) is 16.2. The molecule has 0 aliphatic heterocycles. The molecule has 0 saturated carbocycles. The Labute approximate surface area is 144 Å². The third-order valence-electron chi connectivity index (χ3n) is 3.50. The lowest BCUT2D eigenvalue weighted by atomic mass is 10.0. The van der Waals surface area contributed by atoms with Crippen molar-refractivity contribution in [3.05, 3.63) is 68.1 Å². The van der Waals surface area contributed by atoms with Crippen LogP contribution in [0, 0.1) is 6.92 Å². The molecular formula is C18H19N3S2. The van der Waals surface area contributed by atoms with Crippen molar-refractivity contribution in [2.24, 2.45) is 10.1 Å². The minimum Gasteiger partial charge on any atom is -0.220 e. The lowest BCUT2D eigenvalue weighted by molar-refractivity contribution is 0.809. The summed E-state index contributed by atoms with van der Waals surface area (Å²) in [6, 6.07) is 10.5. The highest BCUT2D eigenvalue weighted by Gasteiger charge is 2.01. The molecule has 0 amide bonds. The summed E-state index contributed by atoms with van der Waals surface area (Å²) in [6.45, 7) is 6.44. The maximum Gasteiger partial charge on any atom is 0.211 e. The van der Waals surface area contributed by atoms with Gasteiger partial charge in [0.2, 0.25) is 4.80 Å². The molecule has 0 aliphatic carbocycles. The van der Waals surface area contributed by atoms with Crippen molar-refractivity contribution >= 4 is 34.6 Å². The topological polar surface area (TPSA) is 29.6 Å². The van der Waals surface area contributed by atoms with E-state index in [9.17, 15) is 0 Å². The first-order valence-corrected chi connectivity index (χ1v) is 9.34. The van der Waals surface area contributed by atoms with Gasteiger partial charge in [-0.15, -0.1) is 11.3 Å². The van der Waals surface area contributed by atoms with E-state index in [1.807, 2.05) is 23.2 Å². The number of hydrogen-bond acceptors (Lipinski definition) is 4. The Morgan fingerprint density at radius 1 is 1.09 bits per heavy atom. The minimum absolute atomic E-state index is 0.535. The molecule has 118 valence electrons. The predicted molar refractivity (Wildman–Crippen MR) is 100 cm³/mol. The van der Waals surface area contributed by atoms with E-state index in [1.165, 1.54) is 5.56 Å². The summed E-state index contributed by atoms with van der Waals surface area (Å²) >= 11 is 3.27. The number of thiazole rings is 1. The van der Waals surface area contributed by atoms with Crippen molar-refractivity contribution in [3.8, 4) is 0 Å². The molecule has 0 atom stereocenters. The van der Waals surface area contributed by atoms with Crippen molar-refractivity contribution < 1.29 is 0 Å². The number of benzene rings is 1. The smallest absolute Gasteiger partial charge is 0.211 e. The Hall–Kier alpha value is -1.98. The van der Waals surface area contributed by atoms with Gasteiger partial charge in [-0.2, -0.15) is 16.4 Å². The quantitative estimate of drug-likeness (QED) is 0.587. The van der Waals surface area contributed by atoms with E-state index in [-0.39, 0.29) is 0 Å². The Kier molecular flexibility index (Phi) is 4.88. The summed E-state index contributed by atoms with van der Waals surface area (Å²) in [5.74, 6) is 0.535. The molecule has 23 heavy (non-hydrogen) atoms. The monoisotopic (exact) mass is 341 g/mol. The number of thiophene rings is 1. The van der Waals surface area contributed by atoms with Crippen LogP contribution in [0.5, 0.6) is 0 Å². The second kappa shape index (κ2) is 7.06. The lowest BCUT2D eigenvalue weighted by Gasteiger charge is -2.04. The first-order valence-electron chi connectivity index (χ1n) is 7.52. The van der Waals surface area contributed by atoms with Crippen molar-refractivity contribution in [3.63, 3.8) is 0 Å². The van der Waals surface area contributed by atoms with Crippen molar-refractivity contribution in [2.45, 2.75) is 26.7 Å². The van der Waals surface area contributed by atoms with Crippen LogP contribution in [0.2, 0.25) is 0 Å². The number of hydrogen-bond donors (Lipinski definition) is 0. The van der Waals surface area contributed by atoms with Gasteiger partial charge in [0.1, 0.15) is 0 Å². The van der Waals surface area contributed by atoms with Crippen LogP contribution in [-0.2, 0) is 0 Å². The van der Waals surface area contributed by atoms with Gasteiger partial charge >= 0.3 is 0 Å². The van der Waals surface area contributed by atoms with Crippen molar-refractivity contribution in [1.29, 1.82) is 0 Å². The fourth-order valence-corrected chi connectivity index (χ4v) is 3.56. The highest BCUT2D eigenvalue weighted by molar-refractivity contribution is 7.08. The first kappa shape index (κ1) is 15.9. The molecule has 0 radical (unpaired) electrons. The van der Waals surface area contributed by atoms with Gasteiger partial charge in [-0.1, -0.05) is 26.0 Å². The highest BCUT2D eigenvalue weighted by atomic mass is 32.1. The highest BCUT2D eigenvalue weighted by Crippen LogP contribution is 2.18. The minimum atomic E-state index is 0.535. The number of aromatic nitrogens is 1. The van der Waals surface area contributed by atoms with E-state index in [0.29, 0.717) is 5.92 Å². The second-order valence-corrected chi connectivity index (χ2v) is 7.25. The van der Waals surface area contributed by atoms with Gasteiger partial charge in [-0.05, 0) is 47.4 Å². The summed E-state index contributed by atoms with van der Waals surface area (Å²) < 4.78 is 1.89. The summed E-state index contributed by atoms with van der Waals surface area (Å²) in [5.41, 5.74) is 4.48. The molecule has 3 aromatic rings. The maximum atomic E-state index is 4.73. The van der Waals surface area contributed by atoms with E-state index >= 15 is 0 Å². The van der Waals surface area contributed by atoms with Crippen LogP contribution in [0.25, 0.3) is 0 Å². The third-order valence-corrected chi connectivity index (χ3v) is 5.14. The molecule has 0 fully saturated rings. The van der Waals surface area contributed by atoms with Crippen LogP contribution in [0.4, 0.5) is 5.69 Å². The Morgan fingerprint density at radius 3 is 2.52 bits per heavy atom. The molecule has 1 aromatic carbocycles. The van der Waals surface area contributed by atoms with Gasteiger partial charge in [-0.25, -0.2) is 9.67 Å². The molecule has 2 aromatic heterocycles. The average Bonchev–Trinajstić information content (AvgIpc) is 3.17. The van der Waals surface area contributed by atoms with E-state index in [0.717, 1.165) is 21.7 Å². The van der Waals surface area contributed by atoms with Gasteiger partial charge in [-0.3, -0.25) is 0 Å². The Bertz CT molecular complexity index is 851. The number of rotatable bonds is 4. The maximum absolute atomic E-state index is 4.73. The zero-order valence-electron chi connectivity index (χ0n) is 13.4. The summed E-state index contributed by atoms with van der Waals surface area (Å²) in [7, 11) is 0. The first-order chi connectivity index (χ1) is 11.1. The molecule has 2 heterocycles. The molecule has 0 bridgehead atoms. The van der Waals surface area contributed by atoms with Crippen LogP contribution >= 0.6 is 22.7 Å².